The van der Waals surface area contributed by atoms with E-state index >= 15 is 0 Å². The van der Waals surface area contributed by atoms with E-state index in [0.717, 1.165) is 19.3 Å². The minimum absolute atomic E-state index is 0.0613. The van der Waals surface area contributed by atoms with Crippen LogP contribution in [0.25, 0.3) is 0 Å². The molecular formula is C10H16N6O2S. The van der Waals surface area contributed by atoms with Crippen molar-refractivity contribution < 1.29 is 8.42 Å². The maximum atomic E-state index is 11.1. The molecule has 0 aliphatic carbocycles. The van der Waals surface area contributed by atoms with Crippen LogP contribution in [0.15, 0.2) is 0 Å². The van der Waals surface area contributed by atoms with Gasteiger partial charge < -0.3 is 16.4 Å². The molecule has 0 bridgehead atoms. The minimum Gasteiger partial charge on any atom is -0.383 e. The van der Waals surface area contributed by atoms with Crippen molar-refractivity contribution in [2.75, 3.05) is 36.1 Å². The van der Waals surface area contributed by atoms with Crippen molar-refractivity contribution in [3.8, 4) is 6.07 Å². The predicted molar refractivity (Wildman–Crippen MR) is 71.3 cm³/mol. The highest BCUT2D eigenvalue weighted by Crippen LogP contribution is 2.21. The lowest BCUT2D eigenvalue weighted by atomic mass is 10.2. The monoisotopic (exact) mass is 284 g/mol. The molecule has 0 atom stereocenters. The maximum absolute atomic E-state index is 11.1. The Kier molecular flexibility index (Phi) is 3.64. The van der Waals surface area contributed by atoms with Gasteiger partial charge in [-0.25, -0.2) is 13.1 Å². The number of nitriles is 1. The number of nitrogens with two attached hydrogens (primary N) is 1. The van der Waals surface area contributed by atoms with Crippen LogP contribution in [0.1, 0.15) is 5.56 Å². The van der Waals surface area contributed by atoms with Crippen molar-refractivity contribution in [3.05, 3.63) is 5.56 Å². The maximum Gasteiger partial charge on any atom is 0.168 e. The van der Waals surface area contributed by atoms with E-state index < -0.39 is 9.84 Å². The lowest BCUT2D eigenvalue weighted by Crippen LogP contribution is -2.51. The Hall–Kier alpha value is -1.79. The lowest BCUT2D eigenvalue weighted by molar-refractivity contribution is 0.470. The number of aryl methyl sites for hydroxylation is 1. The van der Waals surface area contributed by atoms with Crippen LogP contribution in [-0.2, 0) is 16.4 Å². The molecule has 0 aromatic carbocycles. The van der Waals surface area contributed by atoms with Crippen molar-refractivity contribution in [2.24, 2.45) is 0 Å². The molecule has 0 unspecified atom stereocenters. The van der Waals surface area contributed by atoms with Gasteiger partial charge in [0.15, 0.2) is 5.82 Å². The van der Waals surface area contributed by atoms with Crippen molar-refractivity contribution in [1.82, 2.24) is 15.1 Å². The van der Waals surface area contributed by atoms with E-state index in [1.807, 2.05) is 6.07 Å². The summed E-state index contributed by atoms with van der Waals surface area (Å²) in [5.41, 5.74) is 6.07. The fourth-order valence-electron chi connectivity index (χ4n) is 1.69. The number of nitrogen functional groups attached to an aromatic ring is 1. The van der Waals surface area contributed by atoms with Gasteiger partial charge in [0.25, 0.3) is 0 Å². The van der Waals surface area contributed by atoms with E-state index in [9.17, 15) is 8.42 Å². The number of nitrogens with zero attached hydrogens (tertiary/aromatic N) is 3. The second-order valence-electron chi connectivity index (χ2n) is 4.57. The van der Waals surface area contributed by atoms with Gasteiger partial charge in [-0.05, 0) is 0 Å². The first-order chi connectivity index (χ1) is 8.90. The molecule has 1 aliphatic heterocycles. The molecule has 19 heavy (non-hydrogen) atoms. The van der Waals surface area contributed by atoms with E-state index in [2.05, 4.69) is 15.7 Å². The topological polar surface area (TPSA) is 126 Å². The van der Waals surface area contributed by atoms with E-state index in [1.54, 1.807) is 0 Å². The fourth-order valence-corrected chi connectivity index (χ4v) is 2.20. The highest BCUT2D eigenvalue weighted by molar-refractivity contribution is 7.90. The first kappa shape index (κ1) is 13.6. The smallest absolute Gasteiger partial charge is 0.168 e. The summed E-state index contributed by atoms with van der Waals surface area (Å²) in [6.07, 6.45) is 1.15. The number of anilines is 2. The highest BCUT2D eigenvalue weighted by Gasteiger charge is 2.22. The molecular weight excluding hydrogens is 268 g/mol. The summed E-state index contributed by atoms with van der Waals surface area (Å²) in [6, 6.07) is 2.22. The molecule has 2 heterocycles. The fraction of sp³-hybridized carbons (Fsp3) is 0.600. The van der Waals surface area contributed by atoms with E-state index in [4.69, 9.17) is 11.0 Å². The number of sulfone groups is 1. The van der Waals surface area contributed by atoms with Crippen LogP contribution < -0.4 is 16.4 Å². The molecule has 2 rings (SSSR count). The summed E-state index contributed by atoms with van der Waals surface area (Å²) in [5, 5.41) is 19.5. The number of rotatable bonds is 5. The summed E-state index contributed by atoms with van der Waals surface area (Å²) >= 11 is 0. The van der Waals surface area contributed by atoms with Crippen LogP contribution >= 0.6 is 0 Å². The molecule has 1 aromatic heterocycles. The van der Waals surface area contributed by atoms with Gasteiger partial charge in [-0.15, -0.1) is 0 Å². The summed E-state index contributed by atoms with van der Waals surface area (Å²) in [5.74, 6) is 0.551. The molecule has 9 heteroatoms. The molecule has 1 aromatic rings. The zero-order chi connectivity index (χ0) is 14.0. The molecule has 4 N–H and O–H groups in total. The molecule has 0 spiro atoms. The van der Waals surface area contributed by atoms with Crippen LogP contribution in [0.3, 0.4) is 0 Å². The summed E-state index contributed by atoms with van der Waals surface area (Å²) in [6.45, 7) is 1.76. The highest BCUT2D eigenvalue weighted by atomic mass is 32.2. The van der Waals surface area contributed by atoms with Gasteiger partial charge >= 0.3 is 0 Å². The summed E-state index contributed by atoms with van der Waals surface area (Å²) in [4.78, 5) is 0. The van der Waals surface area contributed by atoms with Crippen LogP contribution in [0.5, 0.6) is 0 Å². The number of hydrogen-bond acceptors (Lipinski definition) is 7. The average molecular weight is 284 g/mol. The quantitative estimate of drug-likeness (QED) is 0.617. The normalized spacial score (nSPS) is 15.8. The Bertz CT molecular complexity index is 611. The Morgan fingerprint density at radius 1 is 1.63 bits per heavy atom. The Morgan fingerprint density at radius 3 is 2.79 bits per heavy atom. The van der Waals surface area contributed by atoms with Crippen molar-refractivity contribution in [3.63, 3.8) is 0 Å². The van der Waals surface area contributed by atoms with Gasteiger partial charge in [0, 0.05) is 19.3 Å². The molecule has 104 valence electrons. The first-order valence-electron chi connectivity index (χ1n) is 5.82. The number of nitrogens with one attached hydrogen (secondary N) is 2. The molecule has 0 amide bonds. The van der Waals surface area contributed by atoms with Crippen LogP contribution in [0.2, 0.25) is 0 Å². The Morgan fingerprint density at radius 2 is 2.32 bits per heavy atom. The van der Waals surface area contributed by atoms with E-state index in [0.29, 0.717) is 5.82 Å². The van der Waals surface area contributed by atoms with E-state index in [-0.39, 0.29) is 29.7 Å². The molecule has 1 fully saturated rings. The third kappa shape index (κ3) is 3.15. The minimum atomic E-state index is -3.10. The number of hydrogen-bond donors (Lipinski definition) is 3. The molecule has 0 saturated carbocycles. The third-order valence-electron chi connectivity index (χ3n) is 2.90. The van der Waals surface area contributed by atoms with Crippen LogP contribution in [0.4, 0.5) is 11.6 Å². The van der Waals surface area contributed by atoms with E-state index in [1.165, 1.54) is 4.68 Å². The largest absolute Gasteiger partial charge is 0.383 e. The first-order valence-corrected chi connectivity index (χ1v) is 7.88. The Balaban J connectivity index is 2.17. The zero-order valence-electron chi connectivity index (χ0n) is 10.5. The predicted octanol–water partition coefficient (Wildman–Crippen LogP) is -1.23. The Labute approximate surface area is 111 Å². The molecule has 8 nitrogen and oxygen atoms in total. The van der Waals surface area contributed by atoms with Gasteiger partial charge in [-0.3, -0.25) is 0 Å². The van der Waals surface area contributed by atoms with Crippen LogP contribution in [-0.4, -0.2) is 49.3 Å². The van der Waals surface area contributed by atoms with Crippen molar-refractivity contribution >= 4 is 21.5 Å². The second kappa shape index (κ2) is 5.07. The third-order valence-corrected chi connectivity index (χ3v) is 3.82. The number of aromatic nitrogens is 2. The molecule has 0 radical (unpaired) electrons. The van der Waals surface area contributed by atoms with Crippen LogP contribution in [0, 0.1) is 11.3 Å². The SMILES string of the molecule is CS(=O)(=O)CCn1nc(NC2CNC2)c(C#N)c1N. The zero-order valence-corrected chi connectivity index (χ0v) is 11.4. The van der Waals surface area contributed by atoms with Crippen molar-refractivity contribution in [2.45, 2.75) is 12.6 Å². The summed E-state index contributed by atoms with van der Waals surface area (Å²) in [7, 11) is -3.10. The standard InChI is InChI=1S/C10H16N6O2S/c1-19(17,18)3-2-16-9(12)8(4-11)10(15-16)14-7-5-13-6-7/h7,13H,2-3,5-6,12H2,1H3,(H,14,15). The lowest BCUT2D eigenvalue weighted by Gasteiger charge is -2.27. The van der Waals surface area contributed by atoms with Gasteiger partial charge in [-0.1, -0.05) is 0 Å². The van der Waals surface area contributed by atoms with Gasteiger partial charge in [0.05, 0.1) is 18.3 Å². The summed E-state index contributed by atoms with van der Waals surface area (Å²) < 4.78 is 23.6. The van der Waals surface area contributed by atoms with Crippen molar-refractivity contribution in [1.29, 1.82) is 5.26 Å². The van der Waals surface area contributed by atoms with Gasteiger partial charge in [0.2, 0.25) is 0 Å². The molecule has 1 aliphatic rings. The van der Waals surface area contributed by atoms with Gasteiger partial charge in [-0.2, -0.15) is 10.4 Å². The second-order valence-corrected chi connectivity index (χ2v) is 6.83. The van der Waals surface area contributed by atoms with Gasteiger partial charge in [0.1, 0.15) is 27.3 Å². The molecule has 1 saturated heterocycles. The average Bonchev–Trinajstić information content (AvgIpc) is 2.56.